The molecule has 8 nitrogen and oxygen atoms in total. The van der Waals surface area contributed by atoms with Crippen molar-refractivity contribution in [2.24, 2.45) is 5.11 Å². The average Bonchev–Trinajstić information content (AvgIpc) is 2.78. The molecule has 0 spiro atoms. The highest BCUT2D eigenvalue weighted by molar-refractivity contribution is 5.58. The van der Waals surface area contributed by atoms with Crippen LogP contribution in [0, 0.1) is 0 Å². The lowest BCUT2D eigenvalue weighted by Gasteiger charge is -2.42. The molecule has 0 amide bonds. The summed E-state index contributed by atoms with van der Waals surface area (Å²) in [7, 11) is 1.42. The van der Waals surface area contributed by atoms with E-state index in [9.17, 15) is 4.79 Å². The van der Waals surface area contributed by atoms with Crippen molar-refractivity contribution >= 4 is 6.29 Å². The lowest BCUT2D eigenvalue weighted by atomic mass is 9.97. The van der Waals surface area contributed by atoms with Gasteiger partial charge in [-0.1, -0.05) is 65.8 Å². The van der Waals surface area contributed by atoms with Crippen LogP contribution in [0.1, 0.15) is 11.1 Å². The number of ether oxygens (including phenoxy) is 4. The van der Waals surface area contributed by atoms with E-state index in [4.69, 9.17) is 24.5 Å². The maximum atomic E-state index is 11.7. The minimum Gasteiger partial charge on any atom is -0.370 e. The van der Waals surface area contributed by atoms with Crippen molar-refractivity contribution in [1.29, 1.82) is 0 Å². The van der Waals surface area contributed by atoms with Gasteiger partial charge in [-0.15, -0.1) is 0 Å². The molecule has 2 aromatic rings. The van der Waals surface area contributed by atoms with Gasteiger partial charge >= 0.3 is 0 Å². The van der Waals surface area contributed by atoms with E-state index in [1.807, 2.05) is 60.7 Å². The number of carbonyl (C=O) groups excluding carboxylic acids is 1. The fourth-order valence-electron chi connectivity index (χ4n) is 3.25. The first kappa shape index (κ1) is 21.0. The van der Waals surface area contributed by atoms with Crippen molar-refractivity contribution in [1.82, 2.24) is 0 Å². The van der Waals surface area contributed by atoms with Crippen LogP contribution in [0.2, 0.25) is 0 Å². The fourth-order valence-corrected chi connectivity index (χ4v) is 3.25. The van der Waals surface area contributed by atoms with E-state index in [2.05, 4.69) is 10.0 Å². The van der Waals surface area contributed by atoms with Crippen LogP contribution < -0.4 is 0 Å². The number of hydrogen-bond acceptors (Lipinski definition) is 6. The first-order valence-corrected chi connectivity index (χ1v) is 9.25. The smallest absolute Gasteiger partial charge is 0.169 e. The Morgan fingerprint density at radius 2 is 1.55 bits per heavy atom. The molecule has 1 fully saturated rings. The van der Waals surface area contributed by atoms with Crippen LogP contribution in [0.5, 0.6) is 0 Å². The van der Waals surface area contributed by atoms with Crippen LogP contribution in [0.4, 0.5) is 0 Å². The van der Waals surface area contributed by atoms with Gasteiger partial charge in [0, 0.05) is 12.0 Å². The molecule has 0 bridgehead atoms. The molecule has 2 aromatic carbocycles. The van der Waals surface area contributed by atoms with Gasteiger partial charge < -0.3 is 23.7 Å². The molecule has 1 heterocycles. The largest absolute Gasteiger partial charge is 0.370 e. The Morgan fingerprint density at radius 3 is 2.03 bits per heavy atom. The molecule has 3 rings (SSSR count). The highest BCUT2D eigenvalue weighted by Crippen LogP contribution is 2.29. The molecule has 5 atom stereocenters. The zero-order valence-corrected chi connectivity index (χ0v) is 16.0. The van der Waals surface area contributed by atoms with Gasteiger partial charge in [0.1, 0.15) is 24.4 Å². The van der Waals surface area contributed by atoms with Crippen molar-refractivity contribution in [2.45, 2.75) is 43.9 Å². The number of aldehydes is 1. The van der Waals surface area contributed by atoms with Crippen LogP contribution in [-0.2, 0) is 37.0 Å². The SMILES string of the molecule is CO[C@H]1O[C@H](C=O)[C@@H](OCc2ccccc2)[C@H](OCc2ccccc2)[C@@H]1N=[N+]=[N-]. The van der Waals surface area contributed by atoms with Gasteiger partial charge in [0.25, 0.3) is 0 Å². The summed E-state index contributed by atoms with van der Waals surface area (Å²) in [5, 5.41) is 3.81. The second kappa shape index (κ2) is 10.7. The highest BCUT2D eigenvalue weighted by Gasteiger charge is 2.47. The van der Waals surface area contributed by atoms with Crippen molar-refractivity contribution in [3.8, 4) is 0 Å². The number of benzene rings is 2. The fraction of sp³-hybridized carbons (Fsp3) is 0.381. The normalized spacial score (nSPS) is 26.4. The predicted octanol–water partition coefficient (Wildman–Crippen LogP) is 3.41. The van der Waals surface area contributed by atoms with Gasteiger partial charge in [-0.3, -0.25) is 0 Å². The zero-order valence-electron chi connectivity index (χ0n) is 16.0. The second-order valence-corrected chi connectivity index (χ2v) is 6.56. The third-order valence-electron chi connectivity index (χ3n) is 4.68. The molecule has 152 valence electrons. The minimum absolute atomic E-state index is 0.255. The molecule has 1 saturated heterocycles. The summed E-state index contributed by atoms with van der Waals surface area (Å²) in [4.78, 5) is 14.6. The number of nitrogens with zero attached hydrogens (tertiary/aromatic N) is 3. The third-order valence-corrected chi connectivity index (χ3v) is 4.68. The van der Waals surface area contributed by atoms with Crippen molar-refractivity contribution < 1.29 is 23.7 Å². The highest BCUT2D eigenvalue weighted by atomic mass is 16.7. The van der Waals surface area contributed by atoms with E-state index >= 15 is 0 Å². The van der Waals surface area contributed by atoms with Crippen LogP contribution in [0.3, 0.4) is 0 Å². The maximum Gasteiger partial charge on any atom is 0.169 e. The van der Waals surface area contributed by atoms with E-state index in [-0.39, 0.29) is 13.2 Å². The molecule has 0 aromatic heterocycles. The molecule has 29 heavy (non-hydrogen) atoms. The van der Waals surface area contributed by atoms with Crippen molar-refractivity contribution in [3.05, 3.63) is 82.2 Å². The number of carbonyl (C=O) groups is 1. The second-order valence-electron chi connectivity index (χ2n) is 6.56. The van der Waals surface area contributed by atoms with E-state index in [0.717, 1.165) is 11.1 Å². The summed E-state index contributed by atoms with van der Waals surface area (Å²) in [6.07, 6.45) is -2.68. The summed E-state index contributed by atoms with van der Waals surface area (Å²) in [6, 6.07) is 18.3. The summed E-state index contributed by atoms with van der Waals surface area (Å²) in [5.41, 5.74) is 10.9. The zero-order chi connectivity index (χ0) is 20.5. The molecule has 1 aliphatic rings. The van der Waals surface area contributed by atoms with Gasteiger partial charge in [0.2, 0.25) is 0 Å². The number of methoxy groups -OCH3 is 1. The molecule has 0 radical (unpaired) electrons. The van der Waals surface area contributed by atoms with Crippen LogP contribution in [0.15, 0.2) is 65.8 Å². The Hall–Kier alpha value is -2.74. The van der Waals surface area contributed by atoms with Crippen LogP contribution in [0.25, 0.3) is 10.4 Å². The van der Waals surface area contributed by atoms with Gasteiger partial charge in [-0.05, 0) is 16.7 Å². The minimum atomic E-state index is -0.922. The Labute approximate surface area is 169 Å². The molecule has 0 aliphatic carbocycles. The van der Waals surface area contributed by atoms with E-state index in [0.29, 0.717) is 6.29 Å². The van der Waals surface area contributed by atoms with Gasteiger partial charge in [-0.25, -0.2) is 0 Å². The number of azide groups is 1. The Balaban J connectivity index is 1.83. The number of hydrogen-bond donors (Lipinski definition) is 0. The first-order chi connectivity index (χ1) is 14.3. The van der Waals surface area contributed by atoms with Crippen LogP contribution >= 0.6 is 0 Å². The molecule has 0 N–H and O–H groups in total. The standard InChI is InChI=1S/C21H23N3O5/c1-26-21-18(23-24-22)20(28-14-16-10-6-3-7-11-16)19(17(12-25)29-21)27-13-15-8-4-2-5-9-15/h2-12,17-21H,13-14H2,1H3/t17-,18+,19-,20-,21+/m1/s1. The molecule has 0 unspecified atom stereocenters. The van der Waals surface area contributed by atoms with Crippen molar-refractivity contribution in [2.75, 3.05) is 7.11 Å². The third kappa shape index (κ3) is 5.41. The topological polar surface area (TPSA) is 103 Å². The van der Waals surface area contributed by atoms with Gasteiger partial charge in [0.05, 0.1) is 13.2 Å². The van der Waals surface area contributed by atoms with Crippen molar-refractivity contribution in [3.63, 3.8) is 0 Å². The Morgan fingerprint density at radius 1 is 1.00 bits per heavy atom. The Kier molecular flexibility index (Phi) is 7.75. The lowest BCUT2D eigenvalue weighted by Crippen LogP contribution is -2.59. The van der Waals surface area contributed by atoms with Gasteiger partial charge in [-0.2, -0.15) is 0 Å². The molecule has 0 saturated carbocycles. The molecule has 8 heteroatoms. The molecule has 1 aliphatic heterocycles. The average molecular weight is 397 g/mol. The quantitative estimate of drug-likeness (QED) is 0.279. The number of rotatable bonds is 9. The predicted molar refractivity (Wildman–Crippen MR) is 105 cm³/mol. The van der Waals surface area contributed by atoms with Crippen LogP contribution in [-0.4, -0.2) is 44.0 Å². The molecular formula is C21H23N3O5. The van der Waals surface area contributed by atoms with E-state index in [1.165, 1.54) is 7.11 Å². The van der Waals surface area contributed by atoms with E-state index in [1.54, 1.807) is 0 Å². The summed E-state index contributed by atoms with van der Waals surface area (Å²) in [6.45, 7) is 0.515. The van der Waals surface area contributed by atoms with Gasteiger partial charge in [0.15, 0.2) is 12.6 Å². The monoisotopic (exact) mass is 397 g/mol. The summed E-state index contributed by atoms with van der Waals surface area (Å²) >= 11 is 0. The van der Waals surface area contributed by atoms with E-state index < -0.39 is 30.6 Å². The lowest BCUT2D eigenvalue weighted by molar-refractivity contribution is -0.262. The Bertz CT molecular complexity index is 814. The molecular weight excluding hydrogens is 374 g/mol. The first-order valence-electron chi connectivity index (χ1n) is 9.25. The maximum absolute atomic E-state index is 11.7. The summed E-state index contributed by atoms with van der Waals surface area (Å²) in [5.74, 6) is 0. The summed E-state index contributed by atoms with van der Waals surface area (Å²) < 4.78 is 23.1.